The Morgan fingerprint density at radius 3 is 2.36 bits per heavy atom. The summed E-state index contributed by atoms with van der Waals surface area (Å²) in [5.41, 5.74) is 1.90. The fourth-order valence-electron chi connectivity index (χ4n) is 3.55. The number of benzene rings is 2. The molecule has 132 valence electrons. The van der Waals surface area contributed by atoms with Crippen LogP contribution in [-0.4, -0.2) is 32.0 Å². The van der Waals surface area contributed by atoms with Gasteiger partial charge in [-0.2, -0.15) is 0 Å². The largest absolute Gasteiger partial charge is 0.494 e. The third kappa shape index (κ3) is 4.70. The number of nitrogens with one attached hydrogen (secondary N) is 1. The van der Waals surface area contributed by atoms with Gasteiger partial charge in [0.1, 0.15) is 5.75 Å². The molecule has 1 aliphatic heterocycles. The van der Waals surface area contributed by atoms with Crippen molar-refractivity contribution in [2.24, 2.45) is 0 Å². The van der Waals surface area contributed by atoms with Gasteiger partial charge in [-0.25, -0.2) is 0 Å². The number of likely N-dealkylation sites (tertiary alicyclic amines) is 1. The molecule has 2 aromatic carbocycles. The van der Waals surface area contributed by atoms with Crippen LogP contribution in [0.2, 0.25) is 0 Å². The molecule has 1 atom stereocenters. The van der Waals surface area contributed by atoms with Crippen LogP contribution in [0.25, 0.3) is 0 Å². The Balaban J connectivity index is 1.78. The van der Waals surface area contributed by atoms with Gasteiger partial charge in [0, 0.05) is 18.4 Å². The third-order valence-corrected chi connectivity index (χ3v) is 4.93. The van der Waals surface area contributed by atoms with Crippen LogP contribution in [0.5, 0.6) is 5.75 Å². The van der Waals surface area contributed by atoms with Crippen molar-refractivity contribution >= 4 is 5.78 Å². The Bertz CT molecular complexity index is 660. The van der Waals surface area contributed by atoms with E-state index >= 15 is 0 Å². The Hall–Kier alpha value is -2.13. The molecule has 0 unspecified atom stereocenters. The lowest BCUT2D eigenvalue weighted by Gasteiger charge is -2.21. The van der Waals surface area contributed by atoms with E-state index in [0.717, 1.165) is 29.8 Å². The van der Waals surface area contributed by atoms with Crippen molar-refractivity contribution in [2.45, 2.75) is 32.1 Å². The van der Waals surface area contributed by atoms with E-state index in [9.17, 15) is 4.79 Å². The van der Waals surface area contributed by atoms with Gasteiger partial charge >= 0.3 is 0 Å². The molecule has 1 heterocycles. The number of hydrogen-bond acceptors (Lipinski definition) is 2. The molecule has 1 aliphatic rings. The van der Waals surface area contributed by atoms with Crippen molar-refractivity contribution < 1.29 is 14.4 Å². The predicted octanol–water partition coefficient (Wildman–Crippen LogP) is 3.12. The van der Waals surface area contributed by atoms with E-state index < -0.39 is 0 Å². The maximum atomic E-state index is 13.2. The molecule has 25 heavy (non-hydrogen) atoms. The molecule has 1 N–H and O–H groups in total. The van der Waals surface area contributed by atoms with E-state index in [0.29, 0.717) is 6.61 Å². The summed E-state index contributed by atoms with van der Waals surface area (Å²) in [7, 11) is 0. The third-order valence-electron chi connectivity index (χ3n) is 4.93. The second-order valence-electron chi connectivity index (χ2n) is 6.86. The summed E-state index contributed by atoms with van der Waals surface area (Å²) in [6.45, 7) is 6.04. The van der Waals surface area contributed by atoms with Gasteiger partial charge in [-0.05, 0) is 36.2 Å². The average Bonchev–Trinajstić information content (AvgIpc) is 3.18. The van der Waals surface area contributed by atoms with Crippen LogP contribution in [0.15, 0.2) is 54.6 Å². The average molecular weight is 338 g/mol. The second kappa shape index (κ2) is 8.82. The highest BCUT2D eigenvalue weighted by atomic mass is 16.5. The zero-order chi connectivity index (χ0) is 17.5. The number of carbonyl (C=O) groups is 1. The molecule has 0 amide bonds. The van der Waals surface area contributed by atoms with Gasteiger partial charge in [-0.15, -0.1) is 0 Å². The molecule has 3 nitrogen and oxygen atoms in total. The van der Waals surface area contributed by atoms with Crippen LogP contribution in [0.4, 0.5) is 0 Å². The van der Waals surface area contributed by atoms with E-state index in [4.69, 9.17) is 4.74 Å². The number of Topliss-reactive ketones (excluding diaryl/α,β-unsaturated/α-hetero) is 1. The zero-order valence-electron chi connectivity index (χ0n) is 15.0. The monoisotopic (exact) mass is 338 g/mol. The van der Waals surface area contributed by atoms with Crippen LogP contribution in [0, 0.1) is 0 Å². The number of hydrogen-bond donors (Lipinski definition) is 1. The highest BCUT2D eigenvalue weighted by Crippen LogP contribution is 2.22. The van der Waals surface area contributed by atoms with E-state index in [2.05, 4.69) is 19.1 Å². The van der Waals surface area contributed by atoms with Crippen LogP contribution in [0.1, 0.15) is 48.0 Å². The second-order valence-corrected chi connectivity index (χ2v) is 6.86. The molecule has 0 aromatic heterocycles. The fraction of sp³-hybridized carbons (Fsp3) is 0.409. The number of ether oxygens (including phenoxy) is 1. The summed E-state index contributed by atoms with van der Waals surface area (Å²) in [6, 6.07) is 17.8. The van der Waals surface area contributed by atoms with Gasteiger partial charge in [-0.1, -0.05) is 37.3 Å². The van der Waals surface area contributed by atoms with Crippen molar-refractivity contribution in [1.29, 1.82) is 0 Å². The molecule has 0 aliphatic carbocycles. The van der Waals surface area contributed by atoms with Gasteiger partial charge in [0.25, 0.3) is 0 Å². The van der Waals surface area contributed by atoms with Crippen LogP contribution in [-0.2, 0) is 0 Å². The van der Waals surface area contributed by atoms with Crippen LogP contribution in [0.3, 0.4) is 0 Å². The molecule has 2 aromatic rings. The molecular weight excluding hydrogens is 310 g/mol. The summed E-state index contributed by atoms with van der Waals surface area (Å²) in [5.74, 6) is 0.976. The van der Waals surface area contributed by atoms with Crippen molar-refractivity contribution in [3.05, 3.63) is 65.7 Å². The van der Waals surface area contributed by atoms with Crippen molar-refractivity contribution in [1.82, 2.24) is 0 Å². The smallest absolute Gasteiger partial charge is 0.175 e. The molecule has 1 fully saturated rings. The topological polar surface area (TPSA) is 30.7 Å². The predicted molar refractivity (Wildman–Crippen MR) is 101 cm³/mol. The van der Waals surface area contributed by atoms with Gasteiger partial charge < -0.3 is 9.64 Å². The summed E-state index contributed by atoms with van der Waals surface area (Å²) >= 11 is 0. The van der Waals surface area contributed by atoms with Crippen molar-refractivity contribution in [3.8, 4) is 5.75 Å². The van der Waals surface area contributed by atoms with Gasteiger partial charge in [0.15, 0.2) is 5.78 Å². The summed E-state index contributed by atoms with van der Waals surface area (Å²) in [5, 5.41) is 0. The lowest BCUT2D eigenvalue weighted by Crippen LogP contribution is -3.10. The number of carbonyl (C=O) groups excluding carboxylic acids is 1. The van der Waals surface area contributed by atoms with E-state index in [1.165, 1.54) is 25.9 Å². The van der Waals surface area contributed by atoms with E-state index in [1.54, 1.807) is 4.90 Å². The summed E-state index contributed by atoms with van der Waals surface area (Å²) < 4.78 is 5.63. The first-order chi connectivity index (χ1) is 12.3. The van der Waals surface area contributed by atoms with E-state index in [1.807, 2.05) is 42.5 Å². The number of ketones is 1. The molecule has 0 radical (unpaired) electrons. The Morgan fingerprint density at radius 2 is 1.72 bits per heavy atom. The highest BCUT2D eigenvalue weighted by Gasteiger charge is 2.28. The summed E-state index contributed by atoms with van der Waals surface area (Å²) in [6.07, 6.45) is 3.53. The maximum absolute atomic E-state index is 13.2. The van der Waals surface area contributed by atoms with Crippen LogP contribution < -0.4 is 9.64 Å². The van der Waals surface area contributed by atoms with Crippen LogP contribution >= 0.6 is 0 Å². The minimum Gasteiger partial charge on any atom is -0.494 e. The fourth-order valence-corrected chi connectivity index (χ4v) is 3.55. The first kappa shape index (κ1) is 17.7. The van der Waals surface area contributed by atoms with Crippen molar-refractivity contribution in [3.63, 3.8) is 0 Å². The molecule has 1 saturated heterocycles. The number of rotatable bonds is 8. The molecule has 3 rings (SSSR count). The highest BCUT2D eigenvalue weighted by molar-refractivity contribution is 6.01. The standard InChI is InChI=1S/C22H27NO2/c1-2-16-25-20-12-10-19(11-13-20)22(24)21(17-23-14-6-7-15-23)18-8-4-3-5-9-18/h3-5,8-13,21H,2,6-7,14-17H2,1H3/p+1/t21-/m1/s1. The Morgan fingerprint density at radius 1 is 1.04 bits per heavy atom. The minimum absolute atomic E-state index is 0.0725. The maximum Gasteiger partial charge on any atom is 0.175 e. The van der Waals surface area contributed by atoms with E-state index in [-0.39, 0.29) is 11.7 Å². The molecule has 0 saturated carbocycles. The Kier molecular flexibility index (Phi) is 6.24. The van der Waals surface area contributed by atoms with Gasteiger partial charge in [0.05, 0.1) is 32.2 Å². The molecular formula is C22H28NO2+. The SMILES string of the molecule is CCCOc1ccc(C(=O)[C@H](C[NH+]2CCCC2)c2ccccc2)cc1. The first-order valence-corrected chi connectivity index (χ1v) is 9.43. The number of quaternary nitrogens is 1. The molecule has 0 bridgehead atoms. The minimum atomic E-state index is -0.0725. The Labute approximate surface area is 150 Å². The molecule has 3 heteroatoms. The normalized spacial score (nSPS) is 15.9. The quantitative estimate of drug-likeness (QED) is 0.750. The van der Waals surface area contributed by atoms with Crippen molar-refractivity contribution in [2.75, 3.05) is 26.2 Å². The van der Waals surface area contributed by atoms with Gasteiger partial charge in [0.2, 0.25) is 0 Å². The van der Waals surface area contributed by atoms with Gasteiger partial charge in [-0.3, -0.25) is 4.79 Å². The molecule has 0 spiro atoms. The zero-order valence-corrected chi connectivity index (χ0v) is 15.0. The summed E-state index contributed by atoms with van der Waals surface area (Å²) in [4.78, 5) is 14.8. The first-order valence-electron chi connectivity index (χ1n) is 9.43. The lowest BCUT2D eigenvalue weighted by molar-refractivity contribution is -0.887. The lowest BCUT2D eigenvalue weighted by atomic mass is 9.90.